The zero-order valence-electron chi connectivity index (χ0n) is 22.2. The zero-order chi connectivity index (χ0) is 27.2. The predicted octanol–water partition coefficient (Wildman–Crippen LogP) is 2.69. The summed E-state index contributed by atoms with van der Waals surface area (Å²) >= 11 is 0. The van der Waals surface area contributed by atoms with E-state index in [1.807, 2.05) is 30.3 Å². The maximum atomic E-state index is 13.2. The van der Waals surface area contributed by atoms with Crippen LogP contribution in [0.3, 0.4) is 0 Å². The van der Waals surface area contributed by atoms with Crippen LogP contribution in [-0.2, 0) is 20.4 Å². The van der Waals surface area contributed by atoms with Gasteiger partial charge in [0.05, 0.1) is 12.7 Å². The number of nitrogens with zero attached hydrogens (tertiary/aromatic N) is 2. The van der Waals surface area contributed by atoms with E-state index in [-0.39, 0.29) is 23.3 Å². The molecule has 2 amide bonds. The van der Waals surface area contributed by atoms with Crippen LogP contribution in [0.4, 0.5) is 0 Å². The van der Waals surface area contributed by atoms with Crippen LogP contribution in [0, 0.1) is 0 Å². The summed E-state index contributed by atoms with van der Waals surface area (Å²) in [5, 5.41) is 3.12. The lowest BCUT2D eigenvalue weighted by Crippen LogP contribution is -2.51. The Bertz CT molecular complexity index is 1210. The molecule has 0 spiro atoms. The van der Waals surface area contributed by atoms with Crippen molar-refractivity contribution in [1.82, 2.24) is 19.2 Å². The van der Waals surface area contributed by atoms with Crippen LogP contribution in [0.25, 0.3) is 0 Å². The monoisotopic (exact) mass is 542 g/mol. The molecule has 2 N–H and O–H groups in total. The minimum atomic E-state index is -3.67. The SMILES string of the molecule is COc1ccccc1C(=O)NC[C@]1(c2ccccc2)CC[C@H](NS(=O)(=O)N2CCCN(C(C)=O)CC2)CC1. The van der Waals surface area contributed by atoms with Gasteiger partial charge in [-0.2, -0.15) is 17.4 Å². The highest BCUT2D eigenvalue weighted by Gasteiger charge is 2.39. The number of ether oxygens (including phenoxy) is 1. The second kappa shape index (κ2) is 12.3. The van der Waals surface area contributed by atoms with Gasteiger partial charge in [-0.1, -0.05) is 42.5 Å². The maximum Gasteiger partial charge on any atom is 0.279 e. The molecule has 9 nitrogen and oxygen atoms in total. The van der Waals surface area contributed by atoms with Crippen LogP contribution < -0.4 is 14.8 Å². The number of nitrogens with one attached hydrogen (secondary N) is 2. The predicted molar refractivity (Wildman–Crippen MR) is 146 cm³/mol. The summed E-state index contributed by atoms with van der Waals surface area (Å²) in [6.45, 7) is 3.64. The van der Waals surface area contributed by atoms with Crippen molar-refractivity contribution in [3.63, 3.8) is 0 Å². The van der Waals surface area contributed by atoms with Crippen LogP contribution in [0.15, 0.2) is 54.6 Å². The number of methoxy groups -OCH3 is 1. The third kappa shape index (κ3) is 6.54. The third-order valence-corrected chi connectivity index (χ3v) is 9.50. The Balaban J connectivity index is 1.42. The highest BCUT2D eigenvalue weighted by atomic mass is 32.2. The number of benzene rings is 2. The van der Waals surface area contributed by atoms with Gasteiger partial charge in [0, 0.05) is 51.1 Å². The van der Waals surface area contributed by atoms with Gasteiger partial charge < -0.3 is 15.0 Å². The number of carbonyl (C=O) groups excluding carboxylic acids is 2. The lowest BCUT2D eigenvalue weighted by molar-refractivity contribution is -0.128. The van der Waals surface area contributed by atoms with Crippen molar-refractivity contribution in [2.45, 2.75) is 50.5 Å². The molecule has 1 saturated carbocycles. The van der Waals surface area contributed by atoms with Crippen LogP contribution in [-0.4, -0.2) is 75.3 Å². The first-order valence-corrected chi connectivity index (χ1v) is 14.7. The fourth-order valence-corrected chi connectivity index (χ4v) is 7.06. The first-order valence-electron chi connectivity index (χ1n) is 13.2. The maximum absolute atomic E-state index is 13.2. The van der Waals surface area contributed by atoms with E-state index in [1.54, 1.807) is 24.1 Å². The number of para-hydroxylation sites is 1. The van der Waals surface area contributed by atoms with Gasteiger partial charge in [-0.25, -0.2) is 0 Å². The Morgan fingerprint density at radius 2 is 1.66 bits per heavy atom. The largest absolute Gasteiger partial charge is 0.496 e. The van der Waals surface area contributed by atoms with Crippen LogP contribution in [0.5, 0.6) is 5.75 Å². The number of amides is 2. The van der Waals surface area contributed by atoms with Crippen LogP contribution in [0.2, 0.25) is 0 Å². The van der Waals surface area contributed by atoms with Gasteiger partial charge >= 0.3 is 0 Å². The summed E-state index contributed by atoms with van der Waals surface area (Å²) in [7, 11) is -2.12. The van der Waals surface area contributed by atoms with Crippen LogP contribution in [0.1, 0.15) is 54.9 Å². The second-order valence-electron chi connectivity index (χ2n) is 10.2. The summed E-state index contributed by atoms with van der Waals surface area (Å²) < 4.78 is 36.1. The molecule has 0 aromatic heterocycles. The summed E-state index contributed by atoms with van der Waals surface area (Å²) in [5.74, 6) is 0.303. The van der Waals surface area contributed by atoms with Crippen molar-refractivity contribution in [2.75, 3.05) is 39.8 Å². The number of hydrogen-bond acceptors (Lipinski definition) is 5. The molecule has 2 fully saturated rings. The molecule has 1 heterocycles. The molecule has 0 atom stereocenters. The van der Waals surface area contributed by atoms with Gasteiger partial charge in [-0.05, 0) is 49.8 Å². The van der Waals surface area contributed by atoms with Gasteiger partial charge in [-0.3, -0.25) is 9.59 Å². The van der Waals surface area contributed by atoms with Crippen molar-refractivity contribution >= 4 is 22.0 Å². The van der Waals surface area contributed by atoms with E-state index in [0.29, 0.717) is 63.3 Å². The zero-order valence-corrected chi connectivity index (χ0v) is 23.0. The van der Waals surface area contributed by atoms with Crippen molar-refractivity contribution in [3.8, 4) is 5.75 Å². The molecule has 2 aromatic carbocycles. The van der Waals surface area contributed by atoms with E-state index in [1.165, 1.54) is 11.2 Å². The lowest BCUT2D eigenvalue weighted by Gasteiger charge is -2.41. The highest BCUT2D eigenvalue weighted by molar-refractivity contribution is 7.87. The standard InChI is InChI=1S/C28H38N4O5S/c1-22(33)31-17-8-18-32(20-19-31)38(35,36)30-24-13-15-28(16-14-24,23-9-4-3-5-10-23)21-29-27(34)25-11-6-7-12-26(25)37-2/h3-7,9-12,24,30H,8,13-21H2,1-2H3,(H,29,34)/t24-,28-. The van der Waals surface area contributed by atoms with Gasteiger partial charge in [-0.15, -0.1) is 0 Å². The van der Waals surface area contributed by atoms with E-state index in [9.17, 15) is 18.0 Å². The van der Waals surface area contributed by atoms with Crippen molar-refractivity contribution in [2.24, 2.45) is 0 Å². The Morgan fingerprint density at radius 3 is 2.34 bits per heavy atom. The molecule has 38 heavy (non-hydrogen) atoms. The molecule has 10 heteroatoms. The Hall–Kier alpha value is -2.95. The number of carbonyl (C=O) groups is 2. The molecule has 4 rings (SSSR count). The molecule has 2 aliphatic rings. The first-order chi connectivity index (χ1) is 18.2. The van der Waals surface area contributed by atoms with Crippen molar-refractivity contribution in [3.05, 3.63) is 65.7 Å². The third-order valence-electron chi connectivity index (χ3n) is 7.82. The Labute approximate surface area is 225 Å². The molecular weight excluding hydrogens is 504 g/mol. The summed E-state index contributed by atoms with van der Waals surface area (Å²) in [5.41, 5.74) is 1.32. The molecule has 2 aromatic rings. The van der Waals surface area contributed by atoms with E-state index < -0.39 is 10.2 Å². The molecular formula is C28H38N4O5S. The fourth-order valence-electron chi connectivity index (χ4n) is 5.56. The van der Waals surface area contributed by atoms with Gasteiger partial charge in [0.25, 0.3) is 16.1 Å². The average Bonchev–Trinajstić information content (AvgIpc) is 3.20. The molecule has 1 aliphatic heterocycles. The Kier molecular flexibility index (Phi) is 9.07. The van der Waals surface area contributed by atoms with Crippen LogP contribution >= 0.6 is 0 Å². The number of hydrogen-bond donors (Lipinski definition) is 2. The Morgan fingerprint density at radius 1 is 0.974 bits per heavy atom. The second-order valence-corrected chi connectivity index (χ2v) is 11.9. The quantitative estimate of drug-likeness (QED) is 0.533. The molecule has 0 bridgehead atoms. The van der Waals surface area contributed by atoms with E-state index in [2.05, 4.69) is 22.2 Å². The topological polar surface area (TPSA) is 108 Å². The average molecular weight is 543 g/mol. The molecule has 1 saturated heterocycles. The minimum Gasteiger partial charge on any atom is -0.496 e. The van der Waals surface area contributed by atoms with E-state index in [4.69, 9.17) is 4.74 Å². The first kappa shape index (κ1) is 28.1. The number of rotatable bonds is 8. The van der Waals surface area contributed by atoms with Gasteiger partial charge in [0.2, 0.25) is 5.91 Å². The molecule has 0 unspecified atom stereocenters. The van der Waals surface area contributed by atoms with Gasteiger partial charge in [0.1, 0.15) is 5.75 Å². The summed E-state index contributed by atoms with van der Waals surface area (Å²) in [6.07, 6.45) is 3.40. The fraction of sp³-hybridized carbons (Fsp3) is 0.500. The smallest absolute Gasteiger partial charge is 0.279 e. The summed E-state index contributed by atoms with van der Waals surface area (Å²) in [6, 6.07) is 17.1. The van der Waals surface area contributed by atoms with Gasteiger partial charge in [0.15, 0.2) is 0 Å². The normalized spacial score (nSPS) is 22.9. The molecule has 1 aliphatic carbocycles. The van der Waals surface area contributed by atoms with E-state index >= 15 is 0 Å². The highest BCUT2D eigenvalue weighted by Crippen LogP contribution is 2.39. The summed E-state index contributed by atoms with van der Waals surface area (Å²) in [4.78, 5) is 26.5. The van der Waals surface area contributed by atoms with E-state index in [0.717, 1.165) is 18.4 Å². The lowest BCUT2D eigenvalue weighted by atomic mass is 9.68. The van der Waals surface area contributed by atoms with Crippen molar-refractivity contribution < 1.29 is 22.7 Å². The minimum absolute atomic E-state index is 0.0282. The molecule has 0 radical (unpaired) electrons. The molecule has 206 valence electrons. The van der Waals surface area contributed by atoms with Crippen molar-refractivity contribution in [1.29, 1.82) is 0 Å².